The summed E-state index contributed by atoms with van der Waals surface area (Å²) in [4.78, 5) is 0. The molecule has 0 aliphatic rings. The van der Waals surface area contributed by atoms with Gasteiger partial charge in [-0.15, -0.1) is 12.4 Å². The molecule has 0 aliphatic carbocycles. The molecule has 4 N–H and O–H groups in total. The second-order valence-electron chi connectivity index (χ2n) is 3.14. The number of halogens is 1. The molecule has 3 nitrogen and oxygen atoms in total. The van der Waals surface area contributed by atoms with E-state index in [2.05, 4.69) is 5.32 Å². The summed E-state index contributed by atoms with van der Waals surface area (Å²) in [6.45, 7) is 4.04. The Kier molecular flexibility index (Phi) is 5.02. The average molecular weight is 214 g/mol. The highest BCUT2D eigenvalue weighted by Crippen LogP contribution is 2.15. The Morgan fingerprint density at radius 3 is 2.50 bits per heavy atom. The Hall–Kier alpha value is -1.22. The van der Waals surface area contributed by atoms with Gasteiger partial charge in [0.15, 0.2) is 5.96 Å². The van der Waals surface area contributed by atoms with E-state index in [1.165, 1.54) is 11.1 Å². The molecule has 0 radical (unpaired) electrons. The van der Waals surface area contributed by atoms with Crippen LogP contribution < -0.4 is 11.1 Å². The van der Waals surface area contributed by atoms with E-state index in [9.17, 15) is 0 Å². The summed E-state index contributed by atoms with van der Waals surface area (Å²) in [5, 5.41) is 9.97. The van der Waals surface area contributed by atoms with Crippen molar-refractivity contribution in [2.45, 2.75) is 19.9 Å². The molecule has 0 heterocycles. The molecule has 0 aliphatic heterocycles. The summed E-state index contributed by atoms with van der Waals surface area (Å²) in [7, 11) is 0. The Morgan fingerprint density at radius 1 is 1.43 bits per heavy atom. The number of hydrogen-bond donors (Lipinski definition) is 3. The van der Waals surface area contributed by atoms with Gasteiger partial charge in [0.25, 0.3) is 0 Å². The zero-order valence-corrected chi connectivity index (χ0v) is 9.19. The topological polar surface area (TPSA) is 61.9 Å². The lowest BCUT2D eigenvalue weighted by Gasteiger charge is -2.15. The van der Waals surface area contributed by atoms with Crippen LogP contribution in [0.5, 0.6) is 0 Å². The highest BCUT2D eigenvalue weighted by molar-refractivity contribution is 5.85. The van der Waals surface area contributed by atoms with Crippen molar-refractivity contribution >= 4 is 18.4 Å². The van der Waals surface area contributed by atoms with Gasteiger partial charge in [0, 0.05) is 0 Å². The maximum absolute atomic E-state index is 7.11. The molecule has 0 fully saturated rings. The fourth-order valence-corrected chi connectivity index (χ4v) is 1.38. The molecule has 1 aromatic rings. The van der Waals surface area contributed by atoms with Crippen molar-refractivity contribution in [3.63, 3.8) is 0 Å². The number of benzene rings is 1. The van der Waals surface area contributed by atoms with Crippen molar-refractivity contribution in [3.8, 4) is 0 Å². The summed E-state index contributed by atoms with van der Waals surface area (Å²) >= 11 is 0. The predicted molar refractivity (Wildman–Crippen MR) is 61.9 cm³/mol. The molecule has 0 saturated heterocycles. The first-order valence-electron chi connectivity index (χ1n) is 4.27. The molecule has 1 unspecified atom stereocenters. The minimum Gasteiger partial charge on any atom is -0.370 e. The van der Waals surface area contributed by atoms with Crippen LogP contribution in [0.15, 0.2) is 24.3 Å². The molecular weight excluding hydrogens is 198 g/mol. The quantitative estimate of drug-likeness (QED) is 0.520. The van der Waals surface area contributed by atoms with Gasteiger partial charge in [0.05, 0.1) is 6.04 Å². The van der Waals surface area contributed by atoms with Crippen molar-refractivity contribution in [1.29, 1.82) is 5.41 Å². The molecule has 1 atom stereocenters. The number of nitrogens with one attached hydrogen (secondary N) is 2. The highest BCUT2D eigenvalue weighted by Gasteiger charge is 2.06. The Labute approximate surface area is 90.6 Å². The van der Waals surface area contributed by atoms with Crippen LogP contribution >= 0.6 is 12.4 Å². The van der Waals surface area contributed by atoms with Crippen molar-refractivity contribution in [2.75, 3.05) is 0 Å². The molecule has 0 aromatic heterocycles. The van der Waals surface area contributed by atoms with Crippen molar-refractivity contribution in [3.05, 3.63) is 35.4 Å². The van der Waals surface area contributed by atoms with Gasteiger partial charge < -0.3 is 11.1 Å². The van der Waals surface area contributed by atoms with E-state index in [1.807, 2.05) is 38.1 Å². The van der Waals surface area contributed by atoms with Crippen LogP contribution in [0.1, 0.15) is 24.1 Å². The molecule has 1 aromatic carbocycles. The number of aryl methyl sites for hydroxylation is 1. The van der Waals surface area contributed by atoms with E-state index in [4.69, 9.17) is 11.1 Å². The third kappa shape index (κ3) is 3.26. The second-order valence-corrected chi connectivity index (χ2v) is 3.14. The lowest BCUT2D eigenvalue weighted by Crippen LogP contribution is -2.32. The molecule has 0 spiro atoms. The van der Waals surface area contributed by atoms with Crippen LogP contribution in [0.25, 0.3) is 0 Å². The van der Waals surface area contributed by atoms with Crippen LogP contribution in [0.4, 0.5) is 0 Å². The highest BCUT2D eigenvalue weighted by atomic mass is 35.5. The van der Waals surface area contributed by atoms with Crippen LogP contribution in [-0.4, -0.2) is 5.96 Å². The summed E-state index contributed by atoms with van der Waals surface area (Å²) in [6.07, 6.45) is 0. The predicted octanol–water partition coefficient (Wildman–Crippen LogP) is 1.96. The molecule has 78 valence electrons. The zero-order chi connectivity index (χ0) is 9.84. The molecule has 14 heavy (non-hydrogen) atoms. The molecule has 1 rings (SSSR count). The zero-order valence-electron chi connectivity index (χ0n) is 8.37. The van der Waals surface area contributed by atoms with Gasteiger partial charge in [-0.25, -0.2) is 0 Å². The molecular formula is C10H16ClN3. The van der Waals surface area contributed by atoms with Crippen molar-refractivity contribution < 1.29 is 0 Å². The molecule has 4 heteroatoms. The Bertz CT molecular complexity index is 312. The molecule has 0 saturated carbocycles. The molecule has 0 amide bonds. The fraction of sp³-hybridized carbons (Fsp3) is 0.300. The van der Waals surface area contributed by atoms with Crippen LogP contribution in [0, 0.1) is 12.3 Å². The van der Waals surface area contributed by atoms with Crippen LogP contribution in [0.3, 0.4) is 0 Å². The van der Waals surface area contributed by atoms with Gasteiger partial charge in [0.1, 0.15) is 0 Å². The number of guanidine groups is 1. The standard InChI is InChI=1S/C10H15N3.ClH/c1-7-5-3-4-6-9(7)8(2)13-10(11)12;/h3-6,8H,1-2H3,(H4,11,12,13);1H. The van der Waals surface area contributed by atoms with Gasteiger partial charge in [-0.2, -0.15) is 0 Å². The van der Waals surface area contributed by atoms with Gasteiger partial charge in [-0.3, -0.25) is 5.41 Å². The first-order valence-corrected chi connectivity index (χ1v) is 4.27. The minimum atomic E-state index is 0. The Balaban J connectivity index is 0.00000169. The third-order valence-corrected chi connectivity index (χ3v) is 2.03. The SMILES string of the molecule is Cc1ccccc1C(C)NC(=N)N.Cl. The summed E-state index contributed by atoms with van der Waals surface area (Å²) in [5.74, 6) is 0.00996. The van der Waals surface area contributed by atoms with Gasteiger partial charge >= 0.3 is 0 Å². The number of hydrogen-bond acceptors (Lipinski definition) is 1. The lowest BCUT2D eigenvalue weighted by atomic mass is 10.0. The summed E-state index contributed by atoms with van der Waals surface area (Å²) in [6, 6.07) is 8.17. The van der Waals surface area contributed by atoms with Gasteiger partial charge in [-0.1, -0.05) is 24.3 Å². The maximum atomic E-state index is 7.11. The van der Waals surface area contributed by atoms with Crippen LogP contribution in [0.2, 0.25) is 0 Å². The lowest BCUT2D eigenvalue weighted by molar-refractivity contribution is 0.704. The summed E-state index contributed by atoms with van der Waals surface area (Å²) < 4.78 is 0. The first-order chi connectivity index (χ1) is 6.11. The average Bonchev–Trinajstić information content (AvgIpc) is 2.03. The fourth-order valence-electron chi connectivity index (χ4n) is 1.38. The maximum Gasteiger partial charge on any atom is 0.186 e. The minimum absolute atomic E-state index is 0. The smallest absolute Gasteiger partial charge is 0.186 e. The van der Waals surface area contributed by atoms with Gasteiger partial charge in [0.2, 0.25) is 0 Å². The molecule has 0 bridgehead atoms. The van der Waals surface area contributed by atoms with E-state index in [0.717, 1.165) is 0 Å². The third-order valence-electron chi connectivity index (χ3n) is 2.03. The Morgan fingerprint density at radius 2 is 2.00 bits per heavy atom. The van der Waals surface area contributed by atoms with Crippen molar-refractivity contribution in [1.82, 2.24) is 5.32 Å². The summed E-state index contributed by atoms with van der Waals surface area (Å²) in [5.41, 5.74) is 7.64. The van der Waals surface area contributed by atoms with E-state index < -0.39 is 0 Å². The van der Waals surface area contributed by atoms with E-state index in [1.54, 1.807) is 0 Å². The van der Waals surface area contributed by atoms with E-state index >= 15 is 0 Å². The van der Waals surface area contributed by atoms with Gasteiger partial charge in [-0.05, 0) is 25.0 Å². The normalized spacial score (nSPS) is 11.3. The van der Waals surface area contributed by atoms with Crippen molar-refractivity contribution in [2.24, 2.45) is 5.73 Å². The monoisotopic (exact) mass is 213 g/mol. The number of nitrogens with two attached hydrogens (primary N) is 1. The largest absolute Gasteiger partial charge is 0.370 e. The van der Waals surface area contributed by atoms with E-state index in [-0.39, 0.29) is 24.4 Å². The van der Waals surface area contributed by atoms with E-state index in [0.29, 0.717) is 0 Å². The number of rotatable bonds is 2. The first kappa shape index (κ1) is 12.8. The van der Waals surface area contributed by atoms with Crippen LogP contribution in [-0.2, 0) is 0 Å². The second kappa shape index (κ2) is 5.50.